The molecular weight excluding hydrogens is 208 g/mol. The van der Waals surface area contributed by atoms with Gasteiger partial charge >= 0.3 is 0 Å². The van der Waals surface area contributed by atoms with Gasteiger partial charge in [0.05, 0.1) is 0 Å². The van der Waals surface area contributed by atoms with Gasteiger partial charge in [-0.25, -0.2) is 0 Å². The summed E-state index contributed by atoms with van der Waals surface area (Å²) in [5.41, 5.74) is 0.660. The van der Waals surface area contributed by atoms with Gasteiger partial charge in [-0.05, 0) is 60.8 Å². The normalized spacial score (nSPS) is 32.8. The van der Waals surface area contributed by atoms with Gasteiger partial charge in [-0.1, -0.05) is 0 Å². The molecule has 2 fully saturated rings. The molecule has 0 aromatic rings. The van der Waals surface area contributed by atoms with E-state index < -0.39 is 0 Å². The smallest absolute Gasteiger partial charge is 0.0232 e. The lowest BCUT2D eigenvalue weighted by Gasteiger charge is -2.41. The molecule has 2 heterocycles. The van der Waals surface area contributed by atoms with Gasteiger partial charge < -0.3 is 0 Å². The predicted molar refractivity (Wildman–Crippen MR) is 74.3 cm³/mol. The van der Waals surface area contributed by atoms with E-state index in [0.29, 0.717) is 11.1 Å². The highest BCUT2D eigenvalue weighted by atomic mass is 15.3. The highest BCUT2D eigenvalue weighted by Crippen LogP contribution is 2.37. The number of rotatable bonds is 0. The molecule has 0 spiro atoms. The minimum Gasteiger partial charge on any atom is -0.297 e. The fraction of sp³-hybridized carbons (Fsp3) is 1.00. The number of fused-ring (bicyclic) bond motifs is 2. The van der Waals surface area contributed by atoms with Gasteiger partial charge in [0.1, 0.15) is 0 Å². The van der Waals surface area contributed by atoms with Crippen LogP contribution >= 0.6 is 0 Å². The number of nitrogens with zero attached hydrogens (tertiary/aromatic N) is 2. The molecular formula is C15H30N2. The molecule has 17 heavy (non-hydrogen) atoms. The second-order valence-electron chi connectivity index (χ2n) is 7.87. The molecule has 2 atom stereocenters. The van der Waals surface area contributed by atoms with Gasteiger partial charge in [0.2, 0.25) is 0 Å². The Labute approximate surface area is 107 Å². The molecule has 0 aromatic heterocycles. The number of hydrogen-bond acceptors (Lipinski definition) is 2. The zero-order chi connectivity index (χ0) is 12.8. The van der Waals surface area contributed by atoms with Crippen LogP contribution in [0.3, 0.4) is 0 Å². The van der Waals surface area contributed by atoms with Gasteiger partial charge in [0.25, 0.3) is 0 Å². The third kappa shape index (κ3) is 2.68. The van der Waals surface area contributed by atoms with E-state index in [1.165, 1.54) is 32.4 Å². The molecule has 0 N–H and O–H groups in total. The van der Waals surface area contributed by atoms with Crippen molar-refractivity contribution in [1.29, 1.82) is 0 Å². The van der Waals surface area contributed by atoms with E-state index in [4.69, 9.17) is 0 Å². The maximum atomic E-state index is 2.80. The summed E-state index contributed by atoms with van der Waals surface area (Å²) in [4.78, 5) is 5.49. The summed E-state index contributed by atoms with van der Waals surface area (Å²) in [7, 11) is 0. The van der Waals surface area contributed by atoms with E-state index >= 15 is 0 Å². The van der Waals surface area contributed by atoms with Crippen LogP contribution in [0.5, 0.6) is 0 Å². The van der Waals surface area contributed by atoms with Crippen molar-refractivity contribution < 1.29 is 0 Å². The van der Waals surface area contributed by atoms with Crippen LogP contribution < -0.4 is 0 Å². The van der Waals surface area contributed by atoms with Crippen LogP contribution in [0.2, 0.25) is 0 Å². The monoisotopic (exact) mass is 238 g/mol. The SMILES string of the molecule is CC(C)(C)N1CCC2CCC(C1)N2C(C)(C)C. The molecule has 0 aliphatic carbocycles. The minimum absolute atomic E-state index is 0.327. The molecule has 2 rings (SSSR count). The lowest BCUT2D eigenvalue weighted by molar-refractivity contribution is 0.0664. The highest BCUT2D eigenvalue weighted by molar-refractivity contribution is 4.99. The van der Waals surface area contributed by atoms with Crippen molar-refractivity contribution in [3.05, 3.63) is 0 Å². The maximum absolute atomic E-state index is 2.80. The first-order chi connectivity index (χ1) is 7.69. The zero-order valence-corrected chi connectivity index (χ0v) is 12.6. The molecule has 0 saturated carbocycles. The van der Waals surface area contributed by atoms with Crippen LogP contribution in [0, 0.1) is 0 Å². The Morgan fingerprint density at radius 1 is 0.765 bits per heavy atom. The summed E-state index contributed by atoms with van der Waals surface area (Å²) in [6.07, 6.45) is 4.17. The molecule has 0 amide bonds. The van der Waals surface area contributed by atoms with Crippen molar-refractivity contribution in [1.82, 2.24) is 9.80 Å². The molecule has 2 unspecified atom stereocenters. The summed E-state index contributed by atoms with van der Waals surface area (Å²) in [5.74, 6) is 0. The first-order valence-corrected chi connectivity index (χ1v) is 7.23. The molecule has 2 aliphatic heterocycles. The molecule has 2 heteroatoms. The fourth-order valence-electron chi connectivity index (χ4n) is 3.78. The van der Waals surface area contributed by atoms with Crippen LogP contribution in [0.4, 0.5) is 0 Å². The van der Waals surface area contributed by atoms with Crippen LogP contribution in [0.1, 0.15) is 60.8 Å². The largest absolute Gasteiger partial charge is 0.297 e. The summed E-state index contributed by atoms with van der Waals surface area (Å²) >= 11 is 0. The van der Waals surface area contributed by atoms with E-state index in [0.717, 1.165) is 12.1 Å². The summed E-state index contributed by atoms with van der Waals surface area (Å²) in [5, 5.41) is 0. The van der Waals surface area contributed by atoms with E-state index in [2.05, 4.69) is 51.3 Å². The van der Waals surface area contributed by atoms with Gasteiger partial charge in [-0.3, -0.25) is 9.80 Å². The lowest BCUT2D eigenvalue weighted by atomic mass is 10.0. The first-order valence-electron chi connectivity index (χ1n) is 7.23. The Balaban J connectivity index is 2.16. The average Bonchev–Trinajstić information content (AvgIpc) is 2.37. The summed E-state index contributed by atoms with van der Waals surface area (Å²) in [6.45, 7) is 16.7. The van der Waals surface area contributed by atoms with Crippen molar-refractivity contribution in [3.63, 3.8) is 0 Å². The summed E-state index contributed by atoms with van der Waals surface area (Å²) in [6, 6.07) is 1.61. The van der Waals surface area contributed by atoms with Crippen molar-refractivity contribution in [2.75, 3.05) is 13.1 Å². The molecule has 2 bridgehead atoms. The van der Waals surface area contributed by atoms with Crippen LogP contribution in [-0.2, 0) is 0 Å². The molecule has 0 radical (unpaired) electrons. The van der Waals surface area contributed by atoms with Gasteiger partial charge in [-0.15, -0.1) is 0 Å². The minimum atomic E-state index is 0.327. The van der Waals surface area contributed by atoms with Crippen LogP contribution in [0.25, 0.3) is 0 Å². The molecule has 2 saturated heterocycles. The van der Waals surface area contributed by atoms with Crippen molar-refractivity contribution in [2.45, 2.75) is 84.0 Å². The average molecular weight is 238 g/mol. The van der Waals surface area contributed by atoms with E-state index in [-0.39, 0.29) is 0 Å². The molecule has 2 aliphatic rings. The van der Waals surface area contributed by atoms with Gasteiger partial charge in [-0.2, -0.15) is 0 Å². The van der Waals surface area contributed by atoms with E-state index in [1.807, 2.05) is 0 Å². The maximum Gasteiger partial charge on any atom is 0.0232 e. The number of hydrogen-bond donors (Lipinski definition) is 0. The Hall–Kier alpha value is -0.0800. The van der Waals surface area contributed by atoms with Crippen molar-refractivity contribution >= 4 is 0 Å². The molecule has 0 aromatic carbocycles. The summed E-state index contributed by atoms with van der Waals surface area (Å²) < 4.78 is 0. The molecule has 100 valence electrons. The van der Waals surface area contributed by atoms with Gasteiger partial charge in [0, 0.05) is 36.3 Å². The Kier molecular flexibility index (Phi) is 3.33. The predicted octanol–water partition coefficient (Wildman–Crippen LogP) is 3.12. The Morgan fingerprint density at radius 3 is 1.88 bits per heavy atom. The first kappa shape index (κ1) is 13.4. The van der Waals surface area contributed by atoms with Gasteiger partial charge in [0.15, 0.2) is 0 Å². The second kappa shape index (κ2) is 4.24. The van der Waals surface area contributed by atoms with Crippen LogP contribution in [0.15, 0.2) is 0 Å². The van der Waals surface area contributed by atoms with Crippen LogP contribution in [-0.4, -0.2) is 46.1 Å². The second-order valence-corrected chi connectivity index (χ2v) is 7.87. The standard InChI is InChI=1S/C15H30N2/c1-14(2,3)16-10-9-12-7-8-13(11-16)17(12)15(4,5)6/h12-13H,7-11H2,1-6H3. The fourth-order valence-corrected chi connectivity index (χ4v) is 3.78. The highest BCUT2D eigenvalue weighted by Gasteiger charge is 2.43. The topological polar surface area (TPSA) is 6.48 Å². The Morgan fingerprint density at radius 2 is 1.35 bits per heavy atom. The zero-order valence-electron chi connectivity index (χ0n) is 12.6. The Bertz CT molecular complexity index is 272. The van der Waals surface area contributed by atoms with Crippen molar-refractivity contribution in [3.8, 4) is 0 Å². The third-order valence-electron chi connectivity index (χ3n) is 4.51. The van der Waals surface area contributed by atoms with Crippen molar-refractivity contribution in [2.24, 2.45) is 0 Å². The lowest BCUT2D eigenvalue weighted by Crippen LogP contribution is -2.51. The molecule has 2 nitrogen and oxygen atoms in total. The van der Waals surface area contributed by atoms with E-state index in [1.54, 1.807) is 0 Å². The van der Waals surface area contributed by atoms with E-state index in [9.17, 15) is 0 Å². The number of likely N-dealkylation sites (tertiary alicyclic amines) is 1. The third-order valence-corrected chi connectivity index (χ3v) is 4.51. The quantitative estimate of drug-likeness (QED) is 0.640.